The SMILES string of the molecule is SSc1ccnc(OCC2CCCC2)c1. The van der Waals surface area contributed by atoms with Gasteiger partial charge in [0.05, 0.1) is 6.61 Å². The minimum Gasteiger partial charge on any atom is -0.477 e. The van der Waals surface area contributed by atoms with E-state index in [1.165, 1.54) is 36.5 Å². The monoisotopic (exact) mass is 241 g/mol. The lowest BCUT2D eigenvalue weighted by molar-refractivity contribution is 0.243. The van der Waals surface area contributed by atoms with Gasteiger partial charge in [-0.1, -0.05) is 23.6 Å². The second-order valence-electron chi connectivity index (χ2n) is 3.88. The molecule has 1 aromatic rings. The molecule has 1 aliphatic rings. The average Bonchev–Trinajstić information content (AvgIpc) is 2.79. The van der Waals surface area contributed by atoms with Crippen molar-refractivity contribution in [2.45, 2.75) is 30.6 Å². The van der Waals surface area contributed by atoms with Crippen LogP contribution in [-0.2, 0) is 0 Å². The van der Waals surface area contributed by atoms with Crippen LogP contribution in [0, 0.1) is 5.92 Å². The Bertz CT molecular complexity index is 313. The van der Waals surface area contributed by atoms with E-state index in [0.29, 0.717) is 0 Å². The summed E-state index contributed by atoms with van der Waals surface area (Å²) < 4.78 is 5.67. The highest BCUT2D eigenvalue weighted by Crippen LogP contribution is 2.27. The fraction of sp³-hybridized carbons (Fsp3) is 0.545. The third kappa shape index (κ3) is 3.31. The Morgan fingerprint density at radius 1 is 1.47 bits per heavy atom. The van der Waals surface area contributed by atoms with Gasteiger partial charge in [0.2, 0.25) is 5.88 Å². The number of ether oxygens (including phenoxy) is 1. The van der Waals surface area contributed by atoms with Gasteiger partial charge in [-0.25, -0.2) is 4.98 Å². The molecule has 0 bridgehead atoms. The van der Waals surface area contributed by atoms with Gasteiger partial charge in [0.25, 0.3) is 0 Å². The lowest BCUT2D eigenvalue weighted by Crippen LogP contribution is -2.08. The molecule has 1 heterocycles. The summed E-state index contributed by atoms with van der Waals surface area (Å²) in [6.45, 7) is 0.813. The molecule has 0 unspecified atom stereocenters. The van der Waals surface area contributed by atoms with Crippen molar-refractivity contribution >= 4 is 22.5 Å². The van der Waals surface area contributed by atoms with Crippen molar-refractivity contribution in [3.63, 3.8) is 0 Å². The van der Waals surface area contributed by atoms with Crippen LogP contribution in [-0.4, -0.2) is 11.6 Å². The zero-order valence-electron chi connectivity index (χ0n) is 8.56. The van der Waals surface area contributed by atoms with E-state index in [-0.39, 0.29) is 0 Å². The first kappa shape index (κ1) is 11.1. The summed E-state index contributed by atoms with van der Waals surface area (Å²) in [5, 5.41) is 0. The predicted octanol–water partition coefficient (Wildman–Crippen LogP) is 3.59. The van der Waals surface area contributed by atoms with Crippen LogP contribution in [0.3, 0.4) is 0 Å². The van der Waals surface area contributed by atoms with E-state index in [1.807, 2.05) is 12.1 Å². The number of pyridine rings is 1. The molecule has 4 heteroatoms. The van der Waals surface area contributed by atoms with E-state index < -0.39 is 0 Å². The lowest BCUT2D eigenvalue weighted by atomic mass is 10.1. The summed E-state index contributed by atoms with van der Waals surface area (Å²) in [4.78, 5) is 5.26. The summed E-state index contributed by atoms with van der Waals surface area (Å²) in [6.07, 6.45) is 7.09. The number of aromatic nitrogens is 1. The molecule has 0 N–H and O–H groups in total. The summed E-state index contributed by atoms with van der Waals surface area (Å²) in [5.74, 6) is 1.46. The second-order valence-corrected chi connectivity index (χ2v) is 5.08. The molecule has 15 heavy (non-hydrogen) atoms. The molecule has 82 valence electrons. The molecule has 1 aromatic heterocycles. The van der Waals surface area contributed by atoms with Crippen LogP contribution in [0.4, 0.5) is 0 Å². The molecule has 0 aromatic carbocycles. The van der Waals surface area contributed by atoms with Gasteiger partial charge in [0, 0.05) is 17.2 Å². The Hall–Kier alpha value is -0.350. The highest BCUT2D eigenvalue weighted by Gasteiger charge is 2.15. The Kier molecular flexibility index (Phi) is 4.20. The van der Waals surface area contributed by atoms with Crippen molar-refractivity contribution in [2.75, 3.05) is 6.61 Å². The van der Waals surface area contributed by atoms with Crippen LogP contribution in [0.15, 0.2) is 23.2 Å². The third-order valence-electron chi connectivity index (χ3n) is 2.75. The van der Waals surface area contributed by atoms with Crippen LogP contribution in [0.5, 0.6) is 5.88 Å². The Balaban J connectivity index is 1.86. The molecule has 1 saturated carbocycles. The fourth-order valence-corrected chi connectivity index (χ4v) is 2.52. The average molecular weight is 241 g/mol. The van der Waals surface area contributed by atoms with Crippen LogP contribution in [0.2, 0.25) is 0 Å². The summed E-state index contributed by atoms with van der Waals surface area (Å²) in [6, 6.07) is 3.87. The molecule has 0 aliphatic heterocycles. The molecule has 1 aliphatic carbocycles. The van der Waals surface area contributed by atoms with Gasteiger partial charge in [-0.3, -0.25) is 0 Å². The van der Waals surface area contributed by atoms with Crippen LogP contribution in [0.25, 0.3) is 0 Å². The highest BCUT2D eigenvalue weighted by molar-refractivity contribution is 8.68. The highest BCUT2D eigenvalue weighted by atomic mass is 33.1. The summed E-state index contributed by atoms with van der Waals surface area (Å²) in [7, 11) is 1.42. The molecule has 1 fully saturated rings. The molecule has 0 radical (unpaired) electrons. The van der Waals surface area contributed by atoms with Crippen molar-refractivity contribution in [1.82, 2.24) is 4.98 Å². The lowest BCUT2D eigenvalue weighted by Gasteiger charge is -2.10. The van der Waals surface area contributed by atoms with E-state index in [9.17, 15) is 0 Å². The van der Waals surface area contributed by atoms with E-state index in [1.54, 1.807) is 6.20 Å². The van der Waals surface area contributed by atoms with Crippen molar-refractivity contribution < 1.29 is 4.74 Å². The molecule has 0 amide bonds. The molecular formula is C11H15NOS2. The molecule has 0 atom stereocenters. The van der Waals surface area contributed by atoms with Crippen LogP contribution < -0.4 is 4.74 Å². The quantitative estimate of drug-likeness (QED) is 0.643. The molecule has 0 saturated heterocycles. The first-order valence-corrected chi connectivity index (χ1v) is 7.15. The molecule has 2 rings (SSSR count). The van der Waals surface area contributed by atoms with Gasteiger partial charge in [-0.2, -0.15) is 0 Å². The van der Waals surface area contributed by atoms with Crippen LogP contribution >= 0.6 is 22.5 Å². The molecule has 0 spiro atoms. The van der Waals surface area contributed by atoms with Crippen LogP contribution in [0.1, 0.15) is 25.7 Å². The van der Waals surface area contributed by atoms with Crippen molar-refractivity contribution in [3.8, 4) is 5.88 Å². The van der Waals surface area contributed by atoms with Gasteiger partial charge in [0.15, 0.2) is 0 Å². The van der Waals surface area contributed by atoms with Gasteiger partial charge in [-0.05, 0) is 24.8 Å². The second kappa shape index (κ2) is 5.66. The first-order chi connectivity index (χ1) is 7.38. The maximum Gasteiger partial charge on any atom is 0.214 e. The van der Waals surface area contributed by atoms with E-state index in [0.717, 1.165) is 23.3 Å². The van der Waals surface area contributed by atoms with Crippen molar-refractivity contribution in [2.24, 2.45) is 5.92 Å². The number of rotatable bonds is 4. The smallest absolute Gasteiger partial charge is 0.214 e. The fourth-order valence-electron chi connectivity index (χ4n) is 1.91. The Labute approximate surface area is 99.6 Å². The predicted molar refractivity (Wildman–Crippen MR) is 66.5 cm³/mol. The van der Waals surface area contributed by atoms with Gasteiger partial charge in [0.1, 0.15) is 0 Å². The topological polar surface area (TPSA) is 22.1 Å². The van der Waals surface area contributed by atoms with Crippen molar-refractivity contribution in [3.05, 3.63) is 18.3 Å². The van der Waals surface area contributed by atoms with Gasteiger partial charge in [-0.15, -0.1) is 11.7 Å². The number of hydrogen-bond acceptors (Lipinski definition) is 4. The minimum absolute atomic E-state index is 0.723. The Morgan fingerprint density at radius 2 is 2.27 bits per heavy atom. The minimum atomic E-state index is 0.723. The van der Waals surface area contributed by atoms with Gasteiger partial charge >= 0.3 is 0 Å². The summed E-state index contributed by atoms with van der Waals surface area (Å²) >= 11 is 4.15. The zero-order chi connectivity index (χ0) is 10.5. The van der Waals surface area contributed by atoms with Gasteiger partial charge < -0.3 is 4.74 Å². The first-order valence-electron chi connectivity index (χ1n) is 5.29. The summed E-state index contributed by atoms with van der Waals surface area (Å²) in [5.41, 5.74) is 0. The third-order valence-corrected chi connectivity index (χ3v) is 3.85. The normalized spacial score (nSPS) is 16.9. The van der Waals surface area contributed by atoms with Crippen molar-refractivity contribution in [1.29, 1.82) is 0 Å². The zero-order valence-corrected chi connectivity index (χ0v) is 10.3. The van der Waals surface area contributed by atoms with E-state index >= 15 is 0 Å². The Morgan fingerprint density at radius 3 is 3.00 bits per heavy atom. The molecular weight excluding hydrogens is 226 g/mol. The number of thiol groups is 1. The number of nitrogens with zero attached hydrogens (tertiary/aromatic N) is 1. The molecule has 2 nitrogen and oxygen atoms in total. The maximum atomic E-state index is 5.67. The number of hydrogen-bond donors (Lipinski definition) is 1. The van der Waals surface area contributed by atoms with E-state index in [2.05, 4.69) is 16.6 Å². The standard InChI is InChI=1S/C11H15NOS2/c14-15-10-5-6-12-11(7-10)13-8-9-3-1-2-4-9/h5-7,9,14H,1-4,8H2. The largest absolute Gasteiger partial charge is 0.477 e. The maximum absolute atomic E-state index is 5.67. The van der Waals surface area contributed by atoms with E-state index in [4.69, 9.17) is 4.74 Å².